The second-order valence-electron chi connectivity index (χ2n) is 2.08. The van der Waals surface area contributed by atoms with Crippen LogP contribution in [0.15, 0.2) is 0 Å². The third-order valence-corrected chi connectivity index (χ3v) is 0. The van der Waals surface area contributed by atoms with Gasteiger partial charge in [-0.2, -0.15) is 0 Å². The van der Waals surface area contributed by atoms with E-state index in [-0.39, 0.29) is 17.1 Å². The minimum absolute atomic E-state index is 0. The number of rotatable bonds is 0. The van der Waals surface area contributed by atoms with Gasteiger partial charge in [-0.1, -0.05) is 0 Å². The van der Waals surface area contributed by atoms with Gasteiger partial charge >= 0.3 is 0 Å². The Morgan fingerprint density at radius 1 is 0.529 bits per heavy atom. The molecule has 0 spiro atoms. The van der Waals surface area contributed by atoms with Gasteiger partial charge < -0.3 is 20.4 Å². The first-order valence-electron chi connectivity index (χ1n) is 3.71. The van der Waals surface area contributed by atoms with Crippen molar-refractivity contribution in [3.8, 4) is 0 Å². The summed E-state index contributed by atoms with van der Waals surface area (Å²) in [6.45, 7) is 4.33. The van der Waals surface area contributed by atoms with E-state index >= 15 is 0 Å². The molecule has 0 heterocycles. The average Bonchev–Trinajstić information content (AvgIpc) is 1.76. The molecule has 0 bridgehead atoms. The van der Waals surface area contributed by atoms with Gasteiger partial charge in [0.2, 0.25) is 0 Å². The van der Waals surface area contributed by atoms with E-state index in [2.05, 4.69) is 0 Å². The molecule has 0 saturated heterocycles. The van der Waals surface area contributed by atoms with Crippen LogP contribution in [0.1, 0.15) is 27.7 Å². The predicted molar refractivity (Wildman–Crippen MR) is 53.2 cm³/mol. The zero-order chi connectivity index (χ0) is 14.3. The molecular weight excluding hydrogens is 279 g/mol. The number of hydrogen-bond acceptors (Lipinski definition) is 4. The van der Waals surface area contributed by atoms with E-state index in [0.717, 1.165) is 27.7 Å². The van der Waals surface area contributed by atoms with Crippen LogP contribution in [0.3, 0.4) is 0 Å². The fourth-order valence-corrected chi connectivity index (χ4v) is 0. The Bertz CT molecular complexity index is 162. The van der Waals surface area contributed by atoms with Crippen LogP contribution in [0.25, 0.3) is 0 Å². The van der Waals surface area contributed by atoms with E-state index in [1.165, 1.54) is 0 Å². The summed E-state index contributed by atoms with van der Waals surface area (Å²) >= 11 is 0. The van der Waals surface area contributed by atoms with Crippen LogP contribution >= 0.6 is 0 Å². The molecule has 0 fully saturated rings. The predicted octanol–water partition coefficient (Wildman–Crippen LogP) is 0.361. The van der Waals surface area contributed by atoms with Crippen LogP contribution < -0.4 is 0 Å². The minimum atomic E-state index is -0.833. The van der Waals surface area contributed by atoms with Crippen molar-refractivity contribution < 1.29 is 56.7 Å². The van der Waals surface area contributed by atoms with Gasteiger partial charge in [-0.3, -0.25) is 19.2 Å². The largest absolute Gasteiger partial charge is 0.481 e. The van der Waals surface area contributed by atoms with Gasteiger partial charge in [0, 0.05) is 44.8 Å². The van der Waals surface area contributed by atoms with Crippen LogP contribution in [-0.4, -0.2) is 44.3 Å². The molecule has 8 nitrogen and oxygen atoms in total. The maximum absolute atomic E-state index is 9.00. The third-order valence-electron chi connectivity index (χ3n) is 0. The molecule has 0 amide bonds. The molecule has 17 heavy (non-hydrogen) atoms. The van der Waals surface area contributed by atoms with Crippen LogP contribution in [0.5, 0.6) is 0 Å². The van der Waals surface area contributed by atoms with Crippen molar-refractivity contribution in [3.05, 3.63) is 0 Å². The van der Waals surface area contributed by atoms with Crippen LogP contribution in [0, 0.1) is 0 Å². The molecule has 0 aromatic heterocycles. The van der Waals surface area contributed by atoms with Gasteiger partial charge in [-0.15, -0.1) is 0 Å². The van der Waals surface area contributed by atoms with Gasteiger partial charge in [-0.05, 0) is 0 Å². The zero-order valence-corrected chi connectivity index (χ0v) is 11.0. The second kappa shape index (κ2) is 23.9. The Balaban J connectivity index is -0.0000000369. The Labute approximate surface area is 109 Å². The Morgan fingerprint density at radius 3 is 0.529 bits per heavy atom. The van der Waals surface area contributed by atoms with E-state index in [1.807, 2.05) is 0 Å². The van der Waals surface area contributed by atoms with Crippen molar-refractivity contribution in [2.45, 2.75) is 27.7 Å². The summed E-state index contributed by atoms with van der Waals surface area (Å²) in [4.78, 5) is 36.0. The van der Waals surface area contributed by atoms with Crippen molar-refractivity contribution in [1.29, 1.82) is 0 Å². The maximum Gasteiger partial charge on any atom is 0.300 e. The molecule has 0 atom stereocenters. The van der Waals surface area contributed by atoms with E-state index < -0.39 is 23.9 Å². The summed E-state index contributed by atoms with van der Waals surface area (Å²) in [5.41, 5.74) is 0. The van der Waals surface area contributed by atoms with Crippen molar-refractivity contribution in [2.75, 3.05) is 0 Å². The number of carboxylic acid groups (broad SMARTS) is 4. The summed E-state index contributed by atoms with van der Waals surface area (Å²) in [6.07, 6.45) is 0. The van der Waals surface area contributed by atoms with Crippen LogP contribution in [-0.2, 0) is 36.2 Å². The molecule has 0 aliphatic carbocycles. The Hall–Kier alpha value is -1.60. The van der Waals surface area contributed by atoms with Crippen molar-refractivity contribution in [1.82, 2.24) is 0 Å². The Kier molecular flexibility index (Phi) is 41.5. The molecule has 0 rings (SSSR count). The molecule has 103 valence electrons. The minimum Gasteiger partial charge on any atom is -0.481 e. The van der Waals surface area contributed by atoms with Crippen molar-refractivity contribution >= 4 is 23.9 Å². The van der Waals surface area contributed by atoms with Crippen molar-refractivity contribution in [2.24, 2.45) is 0 Å². The molecule has 1 radical (unpaired) electrons. The summed E-state index contributed by atoms with van der Waals surface area (Å²) < 4.78 is 0. The quantitative estimate of drug-likeness (QED) is 0.468. The van der Waals surface area contributed by atoms with Gasteiger partial charge in [0.1, 0.15) is 0 Å². The fraction of sp³-hybridized carbons (Fsp3) is 0.500. The molecule has 0 aromatic rings. The molecule has 9 heteroatoms. The van der Waals surface area contributed by atoms with E-state index in [0.29, 0.717) is 0 Å². The fourth-order valence-electron chi connectivity index (χ4n) is 0. The zero-order valence-electron chi connectivity index (χ0n) is 9.80. The normalized spacial score (nSPS) is 5.88. The molecule has 4 N–H and O–H groups in total. The number of aliphatic carboxylic acids is 4. The van der Waals surface area contributed by atoms with E-state index in [9.17, 15) is 0 Å². The van der Waals surface area contributed by atoms with Crippen LogP contribution in [0.2, 0.25) is 0 Å². The monoisotopic (exact) mass is 295 g/mol. The molecule has 0 aromatic carbocycles. The van der Waals surface area contributed by atoms with Gasteiger partial charge in [-0.25, -0.2) is 0 Å². The first kappa shape index (κ1) is 29.5. The molecule has 0 saturated carbocycles. The Morgan fingerprint density at radius 2 is 0.529 bits per heavy atom. The first-order chi connectivity index (χ1) is 6.93. The summed E-state index contributed by atoms with van der Waals surface area (Å²) in [7, 11) is 0. The molecule has 0 unspecified atom stereocenters. The van der Waals surface area contributed by atoms with Crippen LogP contribution in [0.4, 0.5) is 0 Å². The van der Waals surface area contributed by atoms with E-state index in [4.69, 9.17) is 39.6 Å². The van der Waals surface area contributed by atoms with E-state index in [1.54, 1.807) is 0 Å². The SMILES string of the molecule is CC(=O)O.CC(=O)O.CC(=O)O.CC(=O)O.[Mn]. The summed E-state index contributed by atoms with van der Waals surface area (Å²) in [6, 6.07) is 0. The second-order valence-corrected chi connectivity index (χ2v) is 2.08. The smallest absolute Gasteiger partial charge is 0.300 e. The molecule has 0 aliphatic heterocycles. The van der Waals surface area contributed by atoms with Gasteiger partial charge in [0.25, 0.3) is 23.9 Å². The standard InChI is InChI=1S/4C2H4O2.Mn/c4*1-2(3)4;/h4*1H3,(H,3,4);. The first-order valence-corrected chi connectivity index (χ1v) is 3.71. The number of carboxylic acids is 4. The van der Waals surface area contributed by atoms with Crippen molar-refractivity contribution in [3.63, 3.8) is 0 Å². The third kappa shape index (κ3) is 864. The van der Waals surface area contributed by atoms with Gasteiger partial charge in [0.05, 0.1) is 0 Å². The topological polar surface area (TPSA) is 149 Å². The number of carbonyl (C=O) groups is 4. The molecule has 0 aliphatic rings. The molecular formula is C8H16MnO8. The number of hydrogen-bond donors (Lipinski definition) is 4. The van der Waals surface area contributed by atoms with Gasteiger partial charge in [0.15, 0.2) is 0 Å². The summed E-state index contributed by atoms with van der Waals surface area (Å²) in [5, 5.41) is 29.7. The average molecular weight is 295 g/mol. The maximum atomic E-state index is 9.00. The summed E-state index contributed by atoms with van der Waals surface area (Å²) in [5.74, 6) is -3.33.